The molecule has 6 nitrogen and oxygen atoms in total. The van der Waals surface area contributed by atoms with Crippen LogP contribution in [-0.4, -0.2) is 32.0 Å². The molecule has 0 atom stereocenters. The second-order valence-corrected chi connectivity index (χ2v) is 5.88. The minimum absolute atomic E-state index is 0.0280. The quantitative estimate of drug-likeness (QED) is 0.725. The number of hydrogen-bond acceptors (Lipinski definition) is 4. The predicted molar refractivity (Wildman–Crippen MR) is 86.5 cm³/mol. The van der Waals surface area contributed by atoms with Gasteiger partial charge in [-0.1, -0.05) is 18.2 Å². The van der Waals surface area contributed by atoms with E-state index in [9.17, 15) is 4.79 Å². The second kappa shape index (κ2) is 5.15. The first-order valence-electron chi connectivity index (χ1n) is 7.70. The van der Waals surface area contributed by atoms with Crippen molar-refractivity contribution in [3.63, 3.8) is 0 Å². The average Bonchev–Trinajstić information content (AvgIpc) is 3.10. The largest absolute Gasteiger partial charge is 0.311 e. The van der Waals surface area contributed by atoms with E-state index in [-0.39, 0.29) is 12.3 Å². The Hall–Kier alpha value is -2.76. The minimum atomic E-state index is 0.0280. The first kappa shape index (κ1) is 13.9. The first-order valence-corrected chi connectivity index (χ1v) is 7.70. The number of fused-ring (bicyclic) bond motifs is 2. The zero-order valence-electron chi connectivity index (χ0n) is 13.2. The molecule has 0 aliphatic carbocycles. The summed E-state index contributed by atoms with van der Waals surface area (Å²) in [6.45, 7) is 4.61. The number of para-hydroxylation sites is 1. The predicted octanol–water partition coefficient (Wildman–Crippen LogP) is 1.87. The van der Waals surface area contributed by atoms with Crippen LogP contribution in [0.25, 0.3) is 5.78 Å². The molecule has 0 saturated carbocycles. The lowest BCUT2D eigenvalue weighted by Crippen LogP contribution is -2.30. The van der Waals surface area contributed by atoms with Crippen LogP contribution in [-0.2, 0) is 17.6 Å². The number of aryl methyl sites for hydroxylation is 2. The third kappa shape index (κ3) is 2.36. The molecule has 1 aliphatic heterocycles. The number of hydrogen-bond donors (Lipinski definition) is 0. The fourth-order valence-electron chi connectivity index (χ4n) is 3.11. The Bertz CT molecular complexity index is 914. The van der Waals surface area contributed by atoms with Gasteiger partial charge in [0.1, 0.15) is 0 Å². The summed E-state index contributed by atoms with van der Waals surface area (Å²) in [4.78, 5) is 23.2. The standard InChI is InChI=1S/C17H17N5O/c1-11-9-12(2)22-17(18-11)19-15(20-22)10-16(23)21-8-7-13-5-3-4-6-14(13)21/h3-6,9H,7-8,10H2,1-2H3. The minimum Gasteiger partial charge on any atom is -0.311 e. The summed E-state index contributed by atoms with van der Waals surface area (Å²) in [6.07, 6.45) is 1.09. The third-order valence-electron chi connectivity index (χ3n) is 4.16. The molecule has 4 rings (SSSR count). The van der Waals surface area contributed by atoms with Gasteiger partial charge < -0.3 is 4.90 Å². The molecule has 0 spiro atoms. The summed E-state index contributed by atoms with van der Waals surface area (Å²) >= 11 is 0. The Labute approximate surface area is 133 Å². The van der Waals surface area contributed by atoms with Gasteiger partial charge in [0, 0.05) is 23.6 Å². The van der Waals surface area contributed by atoms with Gasteiger partial charge in [-0.25, -0.2) is 9.50 Å². The lowest BCUT2D eigenvalue weighted by molar-refractivity contribution is -0.118. The Balaban J connectivity index is 1.61. The number of nitrogens with zero attached hydrogens (tertiary/aromatic N) is 5. The molecule has 0 bridgehead atoms. The van der Waals surface area contributed by atoms with E-state index in [1.54, 1.807) is 4.52 Å². The van der Waals surface area contributed by atoms with Crippen LogP contribution in [0.15, 0.2) is 30.3 Å². The van der Waals surface area contributed by atoms with Gasteiger partial charge in [-0.3, -0.25) is 4.79 Å². The van der Waals surface area contributed by atoms with Gasteiger partial charge in [0.05, 0.1) is 6.42 Å². The number of anilines is 1. The topological polar surface area (TPSA) is 63.4 Å². The molecular formula is C17H17N5O. The van der Waals surface area contributed by atoms with Gasteiger partial charge in [-0.15, -0.1) is 5.10 Å². The molecule has 23 heavy (non-hydrogen) atoms. The van der Waals surface area contributed by atoms with E-state index in [0.717, 1.165) is 30.0 Å². The highest BCUT2D eigenvalue weighted by atomic mass is 16.2. The summed E-state index contributed by atoms with van der Waals surface area (Å²) in [5, 5.41) is 4.42. The molecule has 0 fully saturated rings. The Morgan fingerprint density at radius 3 is 2.91 bits per heavy atom. The Morgan fingerprint density at radius 2 is 2.04 bits per heavy atom. The SMILES string of the molecule is Cc1cc(C)n2nc(CC(=O)N3CCc4ccccc43)nc2n1. The van der Waals surface area contributed by atoms with Gasteiger partial charge in [-0.2, -0.15) is 4.98 Å². The van der Waals surface area contributed by atoms with Crippen LogP contribution < -0.4 is 4.90 Å². The van der Waals surface area contributed by atoms with Crippen LogP contribution in [0, 0.1) is 13.8 Å². The molecule has 3 aromatic rings. The van der Waals surface area contributed by atoms with E-state index in [2.05, 4.69) is 21.1 Å². The van der Waals surface area contributed by atoms with E-state index >= 15 is 0 Å². The van der Waals surface area contributed by atoms with Crippen molar-refractivity contribution in [2.24, 2.45) is 0 Å². The van der Waals surface area contributed by atoms with Crippen molar-refractivity contribution in [2.75, 3.05) is 11.4 Å². The van der Waals surface area contributed by atoms with Crippen LogP contribution in [0.5, 0.6) is 0 Å². The number of benzene rings is 1. The van der Waals surface area contributed by atoms with Gasteiger partial charge in [0.25, 0.3) is 5.78 Å². The van der Waals surface area contributed by atoms with Crippen LogP contribution in [0.3, 0.4) is 0 Å². The van der Waals surface area contributed by atoms with E-state index < -0.39 is 0 Å². The monoisotopic (exact) mass is 307 g/mol. The molecule has 6 heteroatoms. The van der Waals surface area contributed by atoms with Crippen LogP contribution in [0.1, 0.15) is 22.8 Å². The van der Waals surface area contributed by atoms with Crippen molar-refractivity contribution < 1.29 is 4.79 Å². The highest BCUT2D eigenvalue weighted by Gasteiger charge is 2.25. The van der Waals surface area contributed by atoms with Crippen molar-refractivity contribution in [3.05, 3.63) is 53.1 Å². The van der Waals surface area contributed by atoms with E-state index in [0.29, 0.717) is 11.6 Å². The van der Waals surface area contributed by atoms with Crippen molar-refractivity contribution in [3.8, 4) is 0 Å². The number of rotatable bonds is 2. The van der Waals surface area contributed by atoms with Gasteiger partial charge in [0.2, 0.25) is 5.91 Å². The third-order valence-corrected chi connectivity index (χ3v) is 4.16. The maximum absolute atomic E-state index is 12.6. The van der Waals surface area contributed by atoms with Crippen molar-refractivity contribution in [1.82, 2.24) is 19.6 Å². The lowest BCUT2D eigenvalue weighted by atomic mass is 10.2. The van der Waals surface area contributed by atoms with Crippen molar-refractivity contribution in [1.29, 1.82) is 0 Å². The number of carbonyl (C=O) groups is 1. The molecule has 116 valence electrons. The van der Waals surface area contributed by atoms with Gasteiger partial charge in [-0.05, 0) is 38.0 Å². The first-order chi connectivity index (χ1) is 11.1. The number of amides is 1. The molecule has 0 saturated heterocycles. The molecule has 0 N–H and O–H groups in total. The normalized spacial score (nSPS) is 13.6. The summed E-state index contributed by atoms with van der Waals surface area (Å²) in [7, 11) is 0. The summed E-state index contributed by atoms with van der Waals surface area (Å²) in [5.41, 5.74) is 4.09. The summed E-state index contributed by atoms with van der Waals surface area (Å²) < 4.78 is 1.69. The zero-order chi connectivity index (χ0) is 16.0. The van der Waals surface area contributed by atoms with Crippen LogP contribution in [0.2, 0.25) is 0 Å². The fourth-order valence-corrected chi connectivity index (χ4v) is 3.11. The highest BCUT2D eigenvalue weighted by molar-refractivity contribution is 5.96. The van der Waals surface area contributed by atoms with Gasteiger partial charge in [0.15, 0.2) is 5.82 Å². The molecule has 2 aromatic heterocycles. The Morgan fingerprint density at radius 1 is 1.22 bits per heavy atom. The lowest BCUT2D eigenvalue weighted by Gasteiger charge is -2.16. The number of aromatic nitrogens is 4. The maximum Gasteiger partial charge on any atom is 0.252 e. The summed E-state index contributed by atoms with van der Waals surface area (Å²) in [5.74, 6) is 1.09. The molecule has 1 amide bonds. The van der Waals surface area contributed by atoms with Crippen molar-refractivity contribution in [2.45, 2.75) is 26.7 Å². The summed E-state index contributed by atoms with van der Waals surface area (Å²) in [6, 6.07) is 9.98. The van der Waals surface area contributed by atoms with Gasteiger partial charge >= 0.3 is 0 Å². The zero-order valence-corrected chi connectivity index (χ0v) is 13.2. The average molecular weight is 307 g/mol. The smallest absolute Gasteiger partial charge is 0.252 e. The van der Waals surface area contributed by atoms with Crippen molar-refractivity contribution >= 4 is 17.4 Å². The molecule has 1 aromatic carbocycles. The van der Waals surface area contributed by atoms with Crippen LogP contribution >= 0.6 is 0 Å². The fraction of sp³-hybridized carbons (Fsp3) is 0.294. The Kier molecular flexibility index (Phi) is 3.11. The highest BCUT2D eigenvalue weighted by Crippen LogP contribution is 2.27. The second-order valence-electron chi connectivity index (χ2n) is 5.88. The van der Waals surface area contributed by atoms with E-state index in [1.165, 1.54) is 5.56 Å². The molecule has 0 radical (unpaired) electrons. The molecule has 3 heterocycles. The molecule has 1 aliphatic rings. The molecular weight excluding hydrogens is 290 g/mol. The number of carbonyl (C=O) groups excluding carboxylic acids is 1. The van der Waals surface area contributed by atoms with Crippen LogP contribution in [0.4, 0.5) is 5.69 Å². The van der Waals surface area contributed by atoms with E-state index in [1.807, 2.05) is 43.0 Å². The molecule has 0 unspecified atom stereocenters. The van der Waals surface area contributed by atoms with E-state index in [4.69, 9.17) is 0 Å². The maximum atomic E-state index is 12.6.